The molecule has 0 unspecified atom stereocenters. The molecule has 2 nitrogen and oxygen atoms in total. The minimum absolute atomic E-state index is 0.553. The van der Waals surface area contributed by atoms with E-state index in [9.17, 15) is 4.39 Å². The average molecular weight is 262 g/mol. The molecule has 1 aliphatic rings. The van der Waals surface area contributed by atoms with Crippen LogP contribution in [0.25, 0.3) is 0 Å². The van der Waals surface area contributed by atoms with Crippen molar-refractivity contribution >= 4 is 8.07 Å². The summed E-state index contributed by atoms with van der Waals surface area (Å²) in [7, 11) is -1.34. The number of halogens is 1. The van der Waals surface area contributed by atoms with Crippen molar-refractivity contribution in [1.29, 1.82) is 0 Å². The monoisotopic (exact) mass is 262 g/mol. The van der Waals surface area contributed by atoms with Crippen molar-refractivity contribution in [1.82, 2.24) is 9.88 Å². The maximum Gasteiger partial charge on any atom is 0.129 e. The number of rotatable bonds is 2. The highest BCUT2D eigenvalue weighted by Crippen LogP contribution is 2.14. The topological polar surface area (TPSA) is 16.1 Å². The lowest BCUT2D eigenvalue weighted by atomic mass is 10.1. The van der Waals surface area contributed by atoms with Crippen LogP contribution in [0.3, 0.4) is 0 Å². The summed E-state index contributed by atoms with van der Waals surface area (Å²) in [6.45, 7) is 8.53. The standard InChI is InChI=1S/C14H19FN2Si/c1-18(2,3)7-6-14-5-4-12(8-16-14)9-17-10-13(15)11-17/h4-5,8,13H,9-11H2,1-3H3. The van der Waals surface area contributed by atoms with Crippen LogP contribution in [-0.2, 0) is 6.54 Å². The molecule has 0 spiro atoms. The minimum atomic E-state index is -1.34. The predicted octanol–water partition coefficient (Wildman–Crippen LogP) is 2.46. The molecule has 1 aliphatic heterocycles. The molecule has 96 valence electrons. The van der Waals surface area contributed by atoms with Crippen LogP contribution in [0.5, 0.6) is 0 Å². The van der Waals surface area contributed by atoms with Gasteiger partial charge in [-0.25, -0.2) is 9.37 Å². The summed E-state index contributed by atoms with van der Waals surface area (Å²) in [5, 5.41) is 0. The van der Waals surface area contributed by atoms with Gasteiger partial charge in [-0.15, -0.1) is 5.54 Å². The van der Waals surface area contributed by atoms with Crippen molar-refractivity contribution < 1.29 is 4.39 Å². The van der Waals surface area contributed by atoms with Gasteiger partial charge in [0.05, 0.1) is 0 Å². The Bertz CT molecular complexity index is 461. The summed E-state index contributed by atoms with van der Waals surface area (Å²) in [5.74, 6) is 3.13. The molecule has 0 aromatic carbocycles. The Labute approximate surface area is 109 Å². The zero-order valence-corrected chi connectivity index (χ0v) is 12.2. The smallest absolute Gasteiger partial charge is 0.129 e. The van der Waals surface area contributed by atoms with Gasteiger partial charge >= 0.3 is 0 Å². The first-order valence-electron chi connectivity index (χ1n) is 6.27. The summed E-state index contributed by atoms with van der Waals surface area (Å²) < 4.78 is 12.7. The van der Waals surface area contributed by atoms with E-state index in [4.69, 9.17) is 0 Å². The van der Waals surface area contributed by atoms with Crippen molar-refractivity contribution in [2.75, 3.05) is 13.1 Å². The fraction of sp³-hybridized carbons (Fsp3) is 0.500. The van der Waals surface area contributed by atoms with E-state index in [1.54, 1.807) is 0 Å². The third kappa shape index (κ3) is 3.93. The average Bonchev–Trinajstić information content (AvgIpc) is 2.25. The van der Waals surface area contributed by atoms with E-state index in [-0.39, 0.29) is 0 Å². The molecule has 1 aromatic rings. The lowest BCUT2D eigenvalue weighted by Gasteiger charge is -2.34. The number of alkyl halides is 1. The van der Waals surface area contributed by atoms with Gasteiger partial charge in [-0.1, -0.05) is 31.6 Å². The molecule has 1 fully saturated rings. The maximum absolute atomic E-state index is 12.7. The molecular weight excluding hydrogens is 243 g/mol. The minimum Gasteiger partial charge on any atom is -0.293 e. The van der Waals surface area contributed by atoms with Gasteiger partial charge in [0.2, 0.25) is 0 Å². The first kappa shape index (κ1) is 13.3. The van der Waals surface area contributed by atoms with E-state index in [0.29, 0.717) is 13.1 Å². The number of likely N-dealkylation sites (tertiary alicyclic amines) is 1. The Balaban J connectivity index is 1.95. The fourth-order valence-electron chi connectivity index (χ4n) is 1.74. The Kier molecular flexibility index (Phi) is 3.84. The third-order valence-corrected chi connectivity index (χ3v) is 3.58. The maximum atomic E-state index is 12.7. The Hall–Kier alpha value is -1.18. The summed E-state index contributed by atoms with van der Waals surface area (Å²) in [6, 6.07) is 3.99. The number of pyridine rings is 1. The van der Waals surface area contributed by atoms with Crippen molar-refractivity contribution in [3.8, 4) is 11.5 Å². The molecule has 0 saturated carbocycles. The molecule has 0 aliphatic carbocycles. The van der Waals surface area contributed by atoms with E-state index in [2.05, 4.69) is 41.0 Å². The van der Waals surface area contributed by atoms with Crippen LogP contribution in [0, 0.1) is 11.5 Å². The summed E-state index contributed by atoms with van der Waals surface area (Å²) >= 11 is 0. The zero-order chi connectivity index (χ0) is 13.2. The van der Waals surface area contributed by atoms with Gasteiger partial charge in [-0.05, 0) is 11.6 Å². The van der Waals surface area contributed by atoms with Crippen molar-refractivity contribution in [2.24, 2.45) is 0 Å². The molecule has 0 atom stereocenters. The van der Waals surface area contributed by atoms with Gasteiger partial charge in [0.15, 0.2) is 0 Å². The zero-order valence-electron chi connectivity index (χ0n) is 11.2. The Morgan fingerprint density at radius 1 is 1.39 bits per heavy atom. The molecule has 0 amide bonds. The number of hydrogen-bond donors (Lipinski definition) is 0. The van der Waals surface area contributed by atoms with Gasteiger partial charge in [-0.2, -0.15) is 0 Å². The number of aromatic nitrogens is 1. The molecule has 2 rings (SSSR count). The van der Waals surface area contributed by atoms with E-state index in [1.807, 2.05) is 18.3 Å². The van der Waals surface area contributed by atoms with Crippen LogP contribution in [0.15, 0.2) is 18.3 Å². The number of hydrogen-bond acceptors (Lipinski definition) is 2. The lowest BCUT2D eigenvalue weighted by molar-refractivity contribution is 0.0590. The second kappa shape index (κ2) is 5.21. The summed E-state index contributed by atoms with van der Waals surface area (Å²) in [4.78, 5) is 6.42. The van der Waals surface area contributed by atoms with Crippen molar-refractivity contribution in [3.63, 3.8) is 0 Å². The van der Waals surface area contributed by atoms with E-state index >= 15 is 0 Å². The van der Waals surface area contributed by atoms with Gasteiger partial charge in [0.1, 0.15) is 19.9 Å². The Morgan fingerprint density at radius 2 is 2.11 bits per heavy atom. The van der Waals surface area contributed by atoms with Crippen molar-refractivity contribution in [2.45, 2.75) is 32.4 Å². The first-order valence-corrected chi connectivity index (χ1v) is 9.77. The van der Waals surface area contributed by atoms with Gasteiger partial charge in [0.25, 0.3) is 0 Å². The van der Waals surface area contributed by atoms with Gasteiger partial charge in [-0.3, -0.25) is 4.90 Å². The highest BCUT2D eigenvalue weighted by Gasteiger charge is 2.25. The normalized spacial score (nSPS) is 16.9. The molecule has 0 bridgehead atoms. The highest BCUT2D eigenvalue weighted by atomic mass is 28.3. The molecule has 0 N–H and O–H groups in total. The second-order valence-corrected chi connectivity index (χ2v) is 10.6. The van der Waals surface area contributed by atoms with Crippen LogP contribution in [0.2, 0.25) is 19.6 Å². The lowest BCUT2D eigenvalue weighted by Crippen LogP contribution is -2.47. The molecule has 1 aromatic heterocycles. The molecule has 18 heavy (non-hydrogen) atoms. The SMILES string of the molecule is C[Si](C)(C)C#Cc1ccc(CN2CC(F)C2)cn1. The van der Waals surface area contributed by atoms with Gasteiger partial charge < -0.3 is 0 Å². The van der Waals surface area contributed by atoms with Gasteiger partial charge in [0, 0.05) is 25.8 Å². The van der Waals surface area contributed by atoms with E-state index < -0.39 is 14.2 Å². The third-order valence-electron chi connectivity index (χ3n) is 2.71. The van der Waals surface area contributed by atoms with Crippen LogP contribution in [0.1, 0.15) is 11.3 Å². The van der Waals surface area contributed by atoms with Crippen LogP contribution in [0.4, 0.5) is 4.39 Å². The number of nitrogens with zero attached hydrogens (tertiary/aromatic N) is 2. The van der Waals surface area contributed by atoms with Crippen LogP contribution in [-0.4, -0.2) is 37.2 Å². The quantitative estimate of drug-likeness (QED) is 0.601. The molecule has 4 heteroatoms. The molecule has 2 heterocycles. The van der Waals surface area contributed by atoms with Crippen LogP contribution >= 0.6 is 0 Å². The van der Waals surface area contributed by atoms with Crippen molar-refractivity contribution in [3.05, 3.63) is 29.6 Å². The second-order valence-electron chi connectivity index (χ2n) is 5.84. The first-order chi connectivity index (χ1) is 8.42. The largest absolute Gasteiger partial charge is 0.293 e. The van der Waals surface area contributed by atoms with E-state index in [0.717, 1.165) is 17.8 Å². The molecular formula is C14H19FN2Si. The highest BCUT2D eigenvalue weighted by molar-refractivity contribution is 6.83. The molecule has 1 saturated heterocycles. The molecule has 0 radical (unpaired) electrons. The summed E-state index contributed by atoms with van der Waals surface area (Å²) in [5.41, 5.74) is 5.25. The Morgan fingerprint density at radius 3 is 2.61 bits per heavy atom. The predicted molar refractivity (Wildman–Crippen MR) is 74.6 cm³/mol. The fourth-order valence-corrected chi connectivity index (χ4v) is 2.24. The van der Waals surface area contributed by atoms with E-state index in [1.165, 1.54) is 0 Å². The summed E-state index contributed by atoms with van der Waals surface area (Å²) in [6.07, 6.45) is 1.21. The van der Waals surface area contributed by atoms with Crippen LogP contribution < -0.4 is 0 Å².